The van der Waals surface area contributed by atoms with Crippen LogP contribution in [0.4, 0.5) is 11.4 Å². The first-order valence-electron chi connectivity index (χ1n) is 15.2. The molecule has 5 aromatic rings. The number of aryl methyl sites for hydroxylation is 1. The monoisotopic (exact) mass is 598 g/mol. The number of carboxylic acid groups (broad SMARTS) is 1. The van der Waals surface area contributed by atoms with Crippen molar-refractivity contribution in [3.63, 3.8) is 0 Å². The van der Waals surface area contributed by atoms with Crippen molar-refractivity contribution in [1.82, 2.24) is 0 Å². The highest BCUT2D eigenvalue weighted by atomic mass is 16.5. The minimum Gasteiger partial charge on any atom is -0.494 e. The summed E-state index contributed by atoms with van der Waals surface area (Å²) in [4.78, 5) is 27.7. The van der Waals surface area contributed by atoms with Crippen molar-refractivity contribution in [1.29, 1.82) is 0 Å². The molecule has 0 aliphatic heterocycles. The number of carbonyl (C=O) groups is 2. The number of benzene rings is 5. The summed E-state index contributed by atoms with van der Waals surface area (Å²) in [7, 11) is 0. The quantitative estimate of drug-likeness (QED) is 0.0945. The van der Waals surface area contributed by atoms with E-state index in [1.807, 2.05) is 48.5 Å². The molecule has 0 heterocycles. The Kier molecular flexibility index (Phi) is 10.6. The van der Waals surface area contributed by atoms with Gasteiger partial charge < -0.3 is 20.1 Å². The van der Waals surface area contributed by atoms with E-state index in [0.717, 1.165) is 30.8 Å². The second-order valence-electron chi connectivity index (χ2n) is 11.1. The van der Waals surface area contributed by atoms with E-state index in [-0.39, 0.29) is 12.2 Å². The van der Waals surface area contributed by atoms with Crippen LogP contribution in [0.15, 0.2) is 133 Å². The van der Waals surface area contributed by atoms with Gasteiger partial charge in [-0.3, -0.25) is 4.79 Å². The molecule has 0 aliphatic carbocycles. The topological polar surface area (TPSA) is 78.9 Å². The lowest BCUT2D eigenvalue weighted by molar-refractivity contribution is -0.137. The first-order valence-corrected chi connectivity index (χ1v) is 15.2. The fourth-order valence-electron chi connectivity index (χ4n) is 5.27. The van der Waals surface area contributed by atoms with E-state index in [0.29, 0.717) is 23.4 Å². The summed E-state index contributed by atoms with van der Waals surface area (Å²) in [6.07, 6.45) is 1.09. The molecule has 45 heavy (non-hydrogen) atoms. The Balaban J connectivity index is 1.17. The predicted octanol–water partition coefficient (Wildman–Crippen LogP) is 7.81. The highest BCUT2D eigenvalue weighted by Gasteiger charge is 2.21. The zero-order chi connectivity index (χ0) is 31.4. The normalized spacial score (nSPS) is 11.4. The zero-order valence-corrected chi connectivity index (χ0v) is 25.4. The summed E-state index contributed by atoms with van der Waals surface area (Å²) < 4.78 is 6.06. The third-order valence-corrected chi connectivity index (χ3v) is 7.62. The van der Waals surface area contributed by atoms with E-state index in [2.05, 4.69) is 65.7 Å². The number of rotatable bonds is 15. The van der Waals surface area contributed by atoms with Crippen LogP contribution >= 0.6 is 0 Å². The van der Waals surface area contributed by atoms with Gasteiger partial charge in [-0.15, -0.1) is 0 Å². The van der Waals surface area contributed by atoms with Crippen LogP contribution in [-0.4, -0.2) is 36.1 Å². The van der Waals surface area contributed by atoms with E-state index in [1.165, 1.54) is 16.8 Å². The Morgan fingerprint density at radius 3 is 2.18 bits per heavy atom. The van der Waals surface area contributed by atoms with Gasteiger partial charge in [0.25, 0.3) is 0 Å². The molecule has 5 aromatic carbocycles. The first-order chi connectivity index (χ1) is 22.0. The maximum Gasteiger partial charge on any atom is 0.326 e. The average molecular weight is 599 g/mol. The smallest absolute Gasteiger partial charge is 0.326 e. The highest BCUT2D eigenvalue weighted by Crippen LogP contribution is 2.23. The van der Waals surface area contributed by atoms with Crippen LogP contribution in [0, 0.1) is 6.92 Å². The fraction of sp³-hybridized carbons (Fsp3) is 0.179. The van der Waals surface area contributed by atoms with Crippen molar-refractivity contribution >= 4 is 23.1 Å². The zero-order valence-electron chi connectivity index (χ0n) is 25.4. The van der Waals surface area contributed by atoms with Crippen LogP contribution in [0.5, 0.6) is 5.75 Å². The molecule has 0 saturated heterocycles. The molecule has 0 aromatic heterocycles. The van der Waals surface area contributed by atoms with Crippen molar-refractivity contribution < 1.29 is 19.4 Å². The van der Waals surface area contributed by atoms with Crippen LogP contribution < -0.4 is 15.0 Å². The Morgan fingerprint density at radius 2 is 1.47 bits per heavy atom. The SMILES string of the molecule is Cc1cccc(N(CCCOc2ccc(C[C@H](Nc3ccccc3C(=O)c3ccccc3)C(=O)O)cc2)Cc2ccccc2)c1. The molecule has 0 bridgehead atoms. The van der Waals surface area contributed by atoms with E-state index in [1.54, 1.807) is 36.4 Å². The van der Waals surface area contributed by atoms with Gasteiger partial charge in [-0.2, -0.15) is 0 Å². The van der Waals surface area contributed by atoms with Gasteiger partial charge in [0.05, 0.1) is 6.61 Å². The summed E-state index contributed by atoms with van der Waals surface area (Å²) in [5, 5.41) is 13.1. The standard InChI is InChI=1S/C39H38N2O4/c1-29-12-10-17-33(26-29)41(28-31-13-4-2-5-14-31)24-11-25-45-34-22-20-30(21-23-34)27-37(39(43)44)40-36-19-9-8-18-35(36)38(42)32-15-6-3-7-16-32/h2-10,12-23,26,37,40H,11,24-25,27-28H2,1H3,(H,43,44)/t37-/m0/s1. The van der Waals surface area contributed by atoms with Crippen molar-refractivity contribution in [3.05, 3.63) is 161 Å². The fourth-order valence-corrected chi connectivity index (χ4v) is 5.27. The summed E-state index contributed by atoms with van der Waals surface area (Å²) >= 11 is 0. The van der Waals surface area contributed by atoms with Crippen molar-refractivity contribution in [2.45, 2.75) is 32.4 Å². The van der Waals surface area contributed by atoms with Crippen molar-refractivity contribution in [3.8, 4) is 5.75 Å². The average Bonchev–Trinajstić information content (AvgIpc) is 3.07. The van der Waals surface area contributed by atoms with Gasteiger partial charge in [0.15, 0.2) is 5.78 Å². The summed E-state index contributed by atoms with van der Waals surface area (Å²) in [5.41, 5.74) is 6.00. The highest BCUT2D eigenvalue weighted by molar-refractivity contribution is 6.12. The molecular formula is C39H38N2O4. The van der Waals surface area contributed by atoms with Crippen LogP contribution in [0.1, 0.15) is 39.0 Å². The number of anilines is 2. The van der Waals surface area contributed by atoms with Crippen LogP contribution in [0.3, 0.4) is 0 Å². The molecule has 0 unspecified atom stereocenters. The van der Waals surface area contributed by atoms with Gasteiger partial charge >= 0.3 is 5.97 Å². The molecule has 0 spiro atoms. The molecule has 0 amide bonds. The van der Waals surface area contributed by atoms with Crippen molar-refractivity contribution in [2.75, 3.05) is 23.4 Å². The van der Waals surface area contributed by atoms with Gasteiger partial charge in [-0.05, 0) is 66.4 Å². The largest absolute Gasteiger partial charge is 0.494 e. The maximum atomic E-state index is 13.1. The number of nitrogens with zero attached hydrogens (tertiary/aromatic N) is 1. The molecule has 2 N–H and O–H groups in total. The van der Waals surface area contributed by atoms with Gasteiger partial charge in [0.2, 0.25) is 0 Å². The summed E-state index contributed by atoms with van der Waals surface area (Å²) in [6, 6.07) is 41.6. The molecule has 228 valence electrons. The Bertz CT molecular complexity index is 1690. The predicted molar refractivity (Wildman–Crippen MR) is 180 cm³/mol. The second kappa shape index (κ2) is 15.4. The summed E-state index contributed by atoms with van der Waals surface area (Å²) in [5.74, 6) is -0.417. The minimum atomic E-state index is -0.994. The first kappa shape index (κ1) is 31.1. The number of hydrogen-bond donors (Lipinski definition) is 2. The van der Waals surface area contributed by atoms with Crippen LogP contribution in [0.25, 0.3) is 0 Å². The molecule has 0 radical (unpaired) electrons. The molecule has 0 fully saturated rings. The van der Waals surface area contributed by atoms with Gasteiger partial charge in [-0.1, -0.05) is 97.1 Å². The number of para-hydroxylation sites is 1. The lowest BCUT2D eigenvalue weighted by atomic mass is 10.00. The van der Waals surface area contributed by atoms with E-state index in [4.69, 9.17) is 4.74 Å². The summed E-state index contributed by atoms with van der Waals surface area (Å²) in [6.45, 7) is 4.33. The van der Waals surface area contributed by atoms with Gasteiger partial charge in [-0.25, -0.2) is 4.79 Å². The maximum absolute atomic E-state index is 13.1. The second-order valence-corrected chi connectivity index (χ2v) is 11.1. The number of carbonyl (C=O) groups excluding carboxylic acids is 1. The van der Waals surface area contributed by atoms with E-state index >= 15 is 0 Å². The number of nitrogens with one attached hydrogen (secondary N) is 1. The van der Waals surface area contributed by atoms with Crippen molar-refractivity contribution in [2.24, 2.45) is 0 Å². The van der Waals surface area contributed by atoms with E-state index in [9.17, 15) is 14.7 Å². The Labute approximate surface area is 264 Å². The number of ketones is 1. The molecule has 5 rings (SSSR count). The van der Waals surface area contributed by atoms with Gasteiger partial charge in [0.1, 0.15) is 11.8 Å². The Hall–Kier alpha value is -5.36. The molecule has 6 nitrogen and oxygen atoms in total. The number of ether oxygens (including phenoxy) is 1. The minimum absolute atomic E-state index is 0.161. The van der Waals surface area contributed by atoms with E-state index < -0.39 is 12.0 Å². The number of hydrogen-bond acceptors (Lipinski definition) is 5. The number of carboxylic acids is 1. The third kappa shape index (κ3) is 8.83. The van der Waals surface area contributed by atoms with Gasteiger partial charge in [0, 0.05) is 42.0 Å². The molecular weight excluding hydrogens is 560 g/mol. The lowest BCUT2D eigenvalue weighted by Gasteiger charge is -2.25. The van der Waals surface area contributed by atoms with Crippen LogP contribution in [0.2, 0.25) is 0 Å². The lowest BCUT2D eigenvalue weighted by Crippen LogP contribution is -2.32. The third-order valence-electron chi connectivity index (χ3n) is 7.62. The number of aliphatic carboxylic acids is 1. The molecule has 0 aliphatic rings. The van der Waals surface area contributed by atoms with Crippen LogP contribution in [-0.2, 0) is 17.8 Å². The Morgan fingerprint density at radius 1 is 0.778 bits per heavy atom. The molecule has 1 atom stereocenters. The molecule has 6 heteroatoms. The molecule has 0 saturated carbocycles.